The smallest absolute Gasteiger partial charge is 0.138 e. The van der Waals surface area contributed by atoms with Gasteiger partial charge >= 0.3 is 0 Å². The van der Waals surface area contributed by atoms with E-state index in [0.29, 0.717) is 28.9 Å². The van der Waals surface area contributed by atoms with Gasteiger partial charge in [-0.25, -0.2) is 4.39 Å². The van der Waals surface area contributed by atoms with E-state index in [9.17, 15) is 4.39 Å². The lowest BCUT2D eigenvalue weighted by Crippen LogP contribution is -2.16. The van der Waals surface area contributed by atoms with E-state index < -0.39 is 0 Å². The molecule has 0 aliphatic heterocycles. The summed E-state index contributed by atoms with van der Waals surface area (Å²) in [4.78, 5) is 0. The van der Waals surface area contributed by atoms with Gasteiger partial charge in [0.2, 0.25) is 0 Å². The minimum Gasteiger partial charge on any atom is -0.495 e. The number of rotatable bonds is 5. The third-order valence-electron chi connectivity index (χ3n) is 3.70. The Morgan fingerprint density at radius 3 is 2.57 bits per heavy atom. The molecule has 0 radical (unpaired) electrons. The zero-order valence-corrected chi connectivity index (χ0v) is 12.6. The van der Waals surface area contributed by atoms with Crippen LogP contribution in [0.5, 0.6) is 5.75 Å². The topological polar surface area (TPSA) is 21.3 Å². The second-order valence-electron chi connectivity index (χ2n) is 5.31. The number of hydrogen-bond donors (Lipinski definition) is 1. The van der Waals surface area contributed by atoms with Gasteiger partial charge < -0.3 is 10.1 Å². The van der Waals surface area contributed by atoms with Crippen molar-refractivity contribution in [2.45, 2.75) is 25.4 Å². The number of ether oxygens (including phenoxy) is 1. The van der Waals surface area contributed by atoms with Crippen molar-refractivity contribution in [2.24, 2.45) is 0 Å². The lowest BCUT2D eigenvalue weighted by molar-refractivity contribution is 0.415. The summed E-state index contributed by atoms with van der Waals surface area (Å²) in [6.45, 7) is 0.584. The van der Waals surface area contributed by atoms with Crippen LogP contribution < -0.4 is 10.1 Å². The first-order valence-electron chi connectivity index (χ1n) is 7.03. The average molecular weight is 306 g/mol. The van der Waals surface area contributed by atoms with E-state index in [2.05, 4.69) is 5.32 Å². The van der Waals surface area contributed by atoms with Crippen LogP contribution in [0.4, 0.5) is 4.39 Å². The highest BCUT2D eigenvalue weighted by atomic mass is 35.5. The minimum absolute atomic E-state index is 0.186. The molecule has 0 atom stereocenters. The Balaban J connectivity index is 1.83. The van der Waals surface area contributed by atoms with E-state index in [4.69, 9.17) is 16.3 Å². The summed E-state index contributed by atoms with van der Waals surface area (Å²) in [5.74, 6) is 0.406. The van der Waals surface area contributed by atoms with E-state index >= 15 is 0 Å². The monoisotopic (exact) mass is 305 g/mol. The molecule has 0 amide bonds. The number of hydrogen-bond acceptors (Lipinski definition) is 2. The van der Waals surface area contributed by atoms with Crippen molar-refractivity contribution in [3.63, 3.8) is 0 Å². The molecule has 1 aliphatic carbocycles. The van der Waals surface area contributed by atoms with E-state index in [1.54, 1.807) is 19.2 Å². The van der Waals surface area contributed by atoms with Gasteiger partial charge in [0.1, 0.15) is 11.6 Å². The zero-order chi connectivity index (χ0) is 14.8. The van der Waals surface area contributed by atoms with Gasteiger partial charge in [-0.05, 0) is 42.2 Å². The second kappa shape index (κ2) is 6.04. The Labute approximate surface area is 128 Å². The van der Waals surface area contributed by atoms with Gasteiger partial charge in [-0.15, -0.1) is 0 Å². The lowest BCUT2D eigenvalue weighted by Gasteiger charge is -2.09. The molecule has 21 heavy (non-hydrogen) atoms. The summed E-state index contributed by atoms with van der Waals surface area (Å²) in [5.41, 5.74) is 2.40. The third-order valence-corrected chi connectivity index (χ3v) is 4.01. The van der Waals surface area contributed by atoms with Gasteiger partial charge in [-0.3, -0.25) is 0 Å². The molecule has 1 N–H and O–H groups in total. The van der Waals surface area contributed by atoms with E-state index in [1.165, 1.54) is 12.8 Å². The molecule has 0 saturated heterocycles. The summed E-state index contributed by atoms with van der Waals surface area (Å²) >= 11 is 6.01. The van der Waals surface area contributed by atoms with Crippen LogP contribution in [-0.2, 0) is 6.54 Å². The van der Waals surface area contributed by atoms with Gasteiger partial charge in [0.05, 0.1) is 12.1 Å². The van der Waals surface area contributed by atoms with Crippen LogP contribution in [0.15, 0.2) is 36.4 Å². The standard InChI is InChI=1S/C17H17ClFNO/c1-21-17-9-12(4-7-15(17)18)11-2-3-13(16(19)8-11)10-20-14-5-6-14/h2-4,7-9,14,20H,5-6,10H2,1H3. The molecule has 1 saturated carbocycles. The van der Waals surface area contributed by atoms with E-state index in [-0.39, 0.29) is 5.82 Å². The molecule has 110 valence electrons. The molecule has 0 spiro atoms. The molecule has 1 aliphatic rings. The average Bonchev–Trinajstić information content (AvgIpc) is 3.31. The second-order valence-corrected chi connectivity index (χ2v) is 5.72. The summed E-state index contributed by atoms with van der Waals surface area (Å²) in [6.07, 6.45) is 2.40. The van der Waals surface area contributed by atoms with Crippen molar-refractivity contribution in [3.8, 4) is 16.9 Å². The Morgan fingerprint density at radius 1 is 1.19 bits per heavy atom. The molecule has 0 bridgehead atoms. The molecule has 0 unspecified atom stereocenters. The number of nitrogens with one attached hydrogen (secondary N) is 1. The SMILES string of the molecule is COc1cc(-c2ccc(CNC3CC3)c(F)c2)ccc1Cl. The Hall–Kier alpha value is -1.58. The summed E-state index contributed by atoms with van der Waals surface area (Å²) in [5, 5.41) is 3.87. The van der Waals surface area contributed by atoms with Crippen LogP contribution >= 0.6 is 11.6 Å². The molecule has 3 rings (SSSR count). The first-order chi connectivity index (χ1) is 10.2. The fourth-order valence-electron chi connectivity index (χ4n) is 2.25. The van der Waals surface area contributed by atoms with Gasteiger partial charge in [0, 0.05) is 18.2 Å². The largest absolute Gasteiger partial charge is 0.495 e. The van der Waals surface area contributed by atoms with Crippen molar-refractivity contribution < 1.29 is 9.13 Å². The highest BCUT2D eigenvalue weighted by Crippen LogP contribution is 2.31. The number of halogens is 2. The summed E-state index contributed by atoms with van der Waals surface area (Å²) < 4.78 is 19.4. The minimum atomic E-state index is -0.186. The fraction of sp³-hybridized carbons (Fsp3) is 0.294. The molecule has 2 aromatic rings. The van der Waals surface area contributed by atoms with Crippen LogP contribution in [-0.4, -0.2) is 13.2 Å². The molecule has 2 aromatic carbocycles. The quantitative estimate of drug-likeness (QED) is 0.883. The van der Waals surface area contributed by atoms with Gasteiger partial charge in [0.25, 0.3) is 0 Å². The predicted octanol–water partition coefficient (Wildman–Crippen LogP) is 4.41. The van der Waals surface area contributed by atoms with Crippen molar-refractivity contribution in [2.75, 3.05) is 7.11 Å². The van der Waals surface area contributed by atoms with Crippen LogP contribution in [0.25, 0.3) is 11.1 Å². The fourth-order valence-corrected chi connectivity index (χ4v) is 2.45. The molecule has 4 heteroatoms. The first-order valence-corrected chi connectivity index (χ1v) is 7.41. The number of methoxy groups -OCH3 is 1. The normalized spacial score (nSPS) is 14.2. The predicted molar refractivity (Wildman–Crippen MR) is 83.3 cm³/mol. The Morgan fingerprint density at radius 2 is 1.90 bits per heavy atom. The van der Waals surface area contributed by atoms with Gasteiger partial charge in [-0.2, -0.15) is 0 Å². The van der Waals surface area contributed by atoms with Crippen molar-refractivity contribution >= 4 is 11.6 Å². The van der Waals surface area contributed by atoms with Crippen LogP contribution in [0, 0.1) is 5.82 Å². The van der Waals surface area contributed by atoms with Gasteiger partial charge in [-0.1, -0.05) is 29.8 Å². The van der Waals surface area contributed by atoms with Crippen molar-refractivity contribution in [1.82, 2.24) is 5.32 Å². The lowest BCUT2D eigenvalue weighted by atomic mass is 10.0. The first kappa shape index (κ1) is 14.4. The van der Waals surface area contributed by atoms with Crippen molar-refractivity contribution in [1.29, 1.82) is 0 Å². The molecule has 0 heterocycles. The van der Waals surface area contributed by atoms with Crippen LogP contribution in [0.3, 0.4) is 0 Å². The molecule has 0 aromatic heterocycles. The van der Waals surface area contributed by atoms with Gasteiger partial charge in [0.15, 0.2) is 0 Å². The molecule has 2 nitrogen and oxygen atoms in total. The van der Waals surface area contributed by atoms with Crippen LogP contribution in [0.2, 0.25) is 5.02 Å². The van der Waals surface area contributed by atoms with Crippen LogP contribution in [0.1, 0.15) is 18.4 Å². The van der Waals surface area contributed by atoms with E-state index in [0.717, 1.165) is 11.1 Å². The molecule has 1 fully saturated rings. The molecular formula is C17H17ClFNO. The highest BCUT2D eigenvalue weighted by molar-refractivity contribution is 6.32. The Kier molecular flexibility index (Phi) is 4.13. The maximum Gasteiger partial charge on any atom is 0.138 e. The summed E-state index contributed by atoms with van der Waals surface area (Å²) in [6, 6.07) is 11.3. The summed E-state index contributed by atoms with van der Waals surface area (Å²) in [7, 11) is 1.57. The Bertz CT molecular complexity index is 655. The number of benzene rings is 2. The zero-order valence-electron chi connectivity index (χ0n) is 11.8. The maximum atomic E-state index is 14.2. The van der Waals surface area contributed by atoms with E-state index in [1.807, 2.05) is 24.3 Å². The maximum absolute atomic E-state index is 14.2. The van der Waals surface area contributed by atoms with Crippen molar-refractivity contribution in [3.05, 3.63) is 52.8 Å². The highest BCUT2D eigenvalue weighted by Gasteiger charge is 2.20. The molecular weight excluding hydrogens is 289 g/mol. The third kappa shape index (κ3) is 3.36.